The summed E-state index contributed by atoms with van der Waals surface area (Å²) in [6.07, 6.45) is 4.09. The Morgan fingerprint density at radius 3 is 2.63 bits per heavy atom. The molecule has 0 unspecified atom stereocenters. The number of para-hydroxylation sites is 1. The number of anilines is 1. The number of benzene rings is 1. The highest BCUT2D eigenvalue weighted by atomic mass is 16.5. The van der Waals surface area contributed by atoms with Gasteiger partial charge in [-0.25, -0.2) is 0 Å². The van der Waals surface area contributed by atoms with E-state index in [1.165, 1.54) is 44.6 Å². The van der Waals surface area contributed by atoms with E-state index < -0.39 is 0 Å². The van der Waals surface area contributed by atoms with Gasteiger partial charge in [0, 0.05) is 31.9 Å². The molecule has 1 fully saturated rings. The Bertz CT molecular complexity index is 334. The number of nitrogens with zero attached hydrogens (tertiary/aromatic N) is 1. The minimum atomic E-state index is 0.503. The average Bonchev–Trinajstić information content (AvgIpc) is 2.47. The second kappa shape index (κ2) is 8.18. The summed E-state index contributed by atoms with van der Waals surface area (Å²) in [6.45, 7) is 7.56. The highest BCUT2D eigenvalue weighted by molar-refractivity contribution is 5.42. The first-order valence-corrected chi connectivity index (χ1v) is 7.51. The van der Waals surface area contributed by atoms with Crippen LogP contribution in [-0.2, 0) is 4.74 Å². The zero-order valence-electron chi connectivity index (χ0n) is 12.0. The molecule has 0 aliphatic carbocycles. The average molecular weight is 262 g/mol. The van der Waals surface area contributed by atoms with Crippen molar-refractivity contribution in [3.05, 3.63) is 30.3 Å². The summed E-state index contributed by atoms with van der Waals surface area (Å²) in [5, 5.41) is 3.46. The zero-order chi connectivity index (χ0) is 13.3. The first-order valence-electron chi connectivity index (χ1n) is 7.51. The number of likely N-dealkylation sites (tertiary alicyclic amines) is 1. The van der Waals surface area contributed by atoms with Crippen molar-refractivity contribution in [2.24, 2.45) is 0 Å². The van der Waals surface area contributed by atoms with Gasteiger partial charge in [0.05, 0.1) is 6.10 Å². The Balaban J connectivity index is 1.55. The molecule has 1 aromatic rings. The Hall–Kier alpha value is -1.06. The van der Waals surface area contributed by atoms with Crippen molar-refractivity contribution < 1.29 is 4.74 Å². The van der Waals surface area contributed by atoms with Gasteiger partial charge in [0.1, 0.15) is 0 Å². The summed E-state index contributed by atoms with van der Waals surface area (Å²) in [5.74, 6) is 0. The number of ether oxygens (including phenoxy) is 1. The van der Waals surface area contributed by atoms with Crippen LogP contribution in [0.3, 0.4) is 0 Å². The highest BCUT2D eigenvalue weighted by Crippen LogP contribution is 2.13. The van der Waals surface area contributed by atoms with Gasteiger partial charge in [-0.2, -0.15) is 0 Å². The maximum absolute atomic E-state index is 5.68. The fraction of sp³-hybridized carbons (Fsp3) is 0.625. The van der Waals surface area contributed by atoms with Gasteiger partial charge in [-0.05, 0) is 44.9 Å². The van der Waals surface area contributed by atoms with Crippen molar-refractivity contribution in [1.29, 1.82) is 0 Å². The van der Waals surface area contributed by atoms with Crippen LogP contribution < -0.4 is 5.32 Å². The van der Waals surface area contributed by atoms with Gasteiger partial charge in [0.25, 0.3) is 0 Å². The van der Waals surface area contributed by atoms with Gasteiger partial charge in [-0.15, -0.1) is 0 Å². The van der Waals surface area contributed by atoms with E-state index in [-0.39, 0.29) is 0 Å². The lowest BCUT2D eigenvalue weighted by Gasteiger charge is -2.31. The number of hydrogen-bond donors (Lipinski definition) is 1. The molecular weight excluding hydrogens is 236 g/mol. The molecule has 19 heavy (non-hydrogen) atoms. The predicted octanol–water partition coefficient (Wildman–Crippen LogP) is 2.99. The minimum Gasteiger partial charge on any atom is -0.385 e. The summed E-state index contributed by atoms with van der Waals surface area (Å²) in [6, 6.07) is 10.4. The Labute approximate surface area is 116 Å². The standard InChI is InChI=1S/C16H26N2O/c1-2-19-16-9-13-18(14-10-16)12-6-11-17-15-7-4-3-5-8-15/h3-5,7-8,16-17H,2,6,9-14H2,1H3. The van der Waals surface area contributed by atoms with E-state index in [2.05, 4.69) is 41.4 Å². The normalized spacial score (nSPS) is 17.5. The number of piperidine rings is 1. The molecule has 1 aromatic carbocycles. The second-order valence-corrected chi connectivity index (χ2v) is 5.14. The third-order valence-electron chi connectivity index (χ3n) is 3.69. The van der Waals surface area contributed by atoms with Crippen molar-refractivity contribution in [2.45, 2.75) is 32.3 Å². The molecule has 0 saturated carbocycles. The summed E-state index contributed by atoms with van der Waals surface area (Å²) < 4.78 is 5.68. The number of hydrogen-bond acceptors (Lipinski definition) is 3. The van der Waals surface area contributed by atoms with Crippen LogP contribution in [0.2, 0.25) is 0 Å². The first kappa shape index (κ1) is 14.4. The van der Waals surface area contributed by atoms with Crippen LogP contribution in [-0.4, -0.2) is 43.8 Å². The van der Waals surface area contributed by atoms with Gasteiger partial charge in [0.2, 0.25) is 0 Å². The van der Waals surface area contributed by atoms with E-state index in [1.54, 1.807) is 0 Å². The molecule has 0 spiro atoms. The quantitative estimate of drug-likeness (QED) is 0.765. The van der Waals surface area contributed by atoms with Crippen LogP contribution in [0.25, 0.3) is 0 Å². The Morgan fingerprint density at radius 2 is 1.95 bits per heavy atom. The Kier molecular flexibility index (Phi) is 6.18. The second-order valence-electron chi connectivity index (χ2n) is 5.14. The van der Waals surface area contributed by atoms with E-state index in [4.69, 9.17) is 4.74 Å². The summed E-state index contributed by atoms with van der Waals surface area (Å²) in [4.78, 5) is 2.56. The van der Waals surface area contributed by atoms with Crippen molar-refractivity contribution >= 4 is 5.69 Å². The highest BCUT2D eigenvalue weighted by Gasteiger charge is 2.18. The molecule has 2 rings (SSSR count). The largest absolute Gasteiger partial charge is 0.385 e. The molecule has 0 bridgehead atoms. The molecule has 0 atom stereocenters. The maximum Gasteiger partial charge on any atom is 0.0599 e. The number of rotatable bonds is 7. The van der Waals surface area contributed by atoms with Crippen molar-refractivity contribution in [1.82, 2.24) is 4.90 Å². The fourth-order valence-corrected chi connectivity index (χ4v) is 2.63. The van der Waals surface area contributed by atoms with Crippen molar-refractivity contribution in [3.8, 4) is 0 Å². The first-order chi connectivity index (χ1) is 9.38. The lowest BCUT2D eigenvalue weighted by Crippen LogP contribution is -2.38. The van der Waals surface area contributed by atoms with Gasteiger partial charge in [0.15, 0.2) is 0 Å². The predicted molar refractivity (Wildman–Crippen MR) is 80.6 cm³/mol. The maximum atomic E-state index is 5.68. The molecule has 1 heterocycles. The van der Waals surface area contributed by atoms with Gasteiger partial charge >= 0.3 is 0 Å². The van der Waals surface area contributed by atoms with Gasteiger partial charge in [-0.1, -0.05) is 18.2 Å². The van der Waals surface area contributed by atoms with E-state index in [1.807, 2.05) is 6.07 Å². The summed E-state index contributed by atoms with van der Waals surface area (Å²) in [5.41, 5.74) is 1.22. The van der Waals surface area contributed by atoms with Crippen LogP contribution in [0.4, 0.5) is 5.69 Å². The smallest absolute Gasteiger partial charge is 0.0599 e. The molecule has 1 aliphatic heterocycles. The van der Waals surface area contributed by atoms with Crippen molar-refractivity contribution in [3.63, 3.8) is 0 Å². The molecule has 3 nitrogen and oxygen atoms in total. The molecule has 0 aromatic heterocycles. The van der Waals surface area contributed by atoms with E-state index in [0.29, 0.717) is 6.10 Å². The molecule has 0 radical (unpaired) electrons. The van der Waals surface area contributed by atoms with Crippen LogP contribution in [0.1, 0.15) is 26.2 Å². The van der Waals surface area contributed by atoms with Crippen LogP contribution in [0.15, 0.2) is 30.3 Å². The molecule has 1 saturated heterocycles. The lowest BCUT2D eigenvalue weighted by molar-refractivity contribution is 0.0143. The zero-order valence-corrected chi connectivity index (χ0v) is 12.0. The summed E-state index contributed by atoms with van der Waals surface area (Å²) in [7, 11) is 0. The third-order valence-corrected chi connectivity index (χ3v) is 3.69. The Morgan fingerprint density at radius 1 is 1.21 bits per heavy atom. The molecule has 0 amide bonds. The van der Waals surface area contributed by atoms with Gasteiger partial charge in [-0.3, -0.25) is 0 Å². The number of nitrogens with one attached hydrogen (secondary N) is 1. The van der Waals surface area contributed by atoms with E-state index in [0.717, 1.165) is 13.2 Å². The summed E-state index contributed by atoms with van der Waals surface area (Å²) >= 11 is 0. The minimum absolute atomic E-state index is 0.503. The molecule has 1 N–H and O–H groups in total. The van der Waals surface area contributed by atoms with Crippen LogP contribution >= 0.6 is 0 Å². The van der Waals surface area contributed by atoms with E-state index in [9.17, 15) is 0 Å². The monoisotopic (exact) mass is 262 g/mol. The third kappa shape index (κ3) is 5.21. The molecule has 106 valence electrons. The molecule has 1 aliphatic rings. The van der Waals surface area contributed by atoms with Gasteiger partial charge < -0.3 is 15.0 Å². The molecular formula is C16H26N2O. The lowest BCUT2D eigenvalue weighted by atomic mass is 10.1. The topological polar surface area (TPSA) is 24.5 Å². The molecule has 3 heteroatoms. The SMILES string of the molecule is CCOC1CCN(CCCNc2ccccc2)CC1. The van der Waals surface area contributed by atoms with Crippen molar-refractivity contribution in [2.75, 3.05) is 38.1 Å². The van der Waals surface area contributed by atoms with Crippen LogP contribution in [0.5, 0.6) is 0 Å². The fourth-order valence-electron chi connectivity index (χ4n) is 2.63. The van der Waals surface area contributed by atoms with E-state index >= 15 is 0 Å². The van der Waals surface area contributed by atoms with Crippen LogP contribution in [0, 0.1) is 0 Å².